The molecular formula is C14H21N3S. The first-order valence-electron chi connectivity index (χ1n) is 6.30. The van der Waals surface area contributed by atoms with Crippen molar-refractivity contribution in [3.8, 4) is 0 Å². The number of hydrogen-bond acceptors (Lipinski definition) is 3. The van der Waals surface area contributed by atoms with Crippen molar-refractivity contribution in [2.45, 2.75) is 39.7 Å². The summed E-state index contributed by atoms with van der Waals surface area (Å²) in [6.07, 6.45) is 1.98. The van der Waals surface area contributed by atoms with E-state index in [9.17, 15) is 0 Å². The predicted molar refractivity (Wildman–Crippen MR) is 77.0 cm³/mol. The van der Waals surface area contributed by atoms with E-state index in [4.69, 9.17) is 5.73 Å². The van der Waals surface area contributed by atoms with Crippen molar-refractivity contribution in [3.63, 3.8) is 0 Å². The molecule has 0 saturated heterocycles. The molecule has 0 fully saturated rings. The maximum absolute atomic E-state index is 6.25. The molecule has 1 unspecified atom stereocenters. The summed E-state index contributed by atoms with van der Waals surface area (Å²) in [5.41, 5.74) is 9.98. The molecule has 0 aliphatic carbocycles. The molecule has 0 aliphatic heterocycles. The van der Waals surface area contributed by atoms with Gasteiger partial charge in [0.05, 0.1) is 5.69 Å². The van der Waals surface area contributed by atoms with E-state index >= 15 is 0 Å². The van der Waals surface area contributed by atoms with Crippen LogP contribution in [0.5, 0.6) is 0 Å². The lowest BCUT2D eigenvalue weighted by Crippen LogP contribution is -2.10. The zero-order chi connectivity index (χ0) is 13.3. The highest BCUT2D eigenvalue weighted by atomic mass is 32.1. The summed E-state index contributed by atoms with van der Waals surface area (Å²) >= 11 is 1.80. The van der Waals surface area contributed by atoms with Crippen LogP contribution in [-0.4, -0.2) is 9.78 Å². The van der Waals surface area contributed by atoms with Crippen molar-refractivity contribution in [3.05, 3.63) is 38.8 Å². The van der Waals surface area contributed by atoms with E-state index in [0.717, 1.165) is 18.5 Å². The van der Waals surface area contributed by atoms with Crippen molar-refractivity contribution in [2.24, 2.45) is 12.8 Å². The minimum absolute atomic E-state index is 0.141. The number of rotatable bonds is 4. The van der Waals surface area contributed by atoms with E-state index in [0.29, 0.717) is 0 Å². The monoisotopic (exact) mass is 263 g/mol. The lowest BCUT2D eigenvalue weighted by Gasteiger charge is -2.09. The lowest BCUT2D eigenvalue weighted by molar-refractivity contribution is 0.657. The number of nitrogens with two attached hydrogens (primary N) is 1. The van der Waals surface area contributed by atoms with E-state index in [1.54, 1.807) is 11.3 Å². The van der Waals surface area contributed by atoms with Gasteiger partial charge >= 0.3 is 0 Å². The summed E-state index contributed by atoms with van der Waals surface area (Å²) in [6.45, 7) is 6.32. The second-order valence-electron chi connectivity index (χ2n) is 4.87. The van der Waals surface area contributed by atoms with Gasteiger partial charge in [-0.05, 0) is 51.3 Å². The number of aryl methyl sites for hydroxylation is 3. The topological polar surface area (TPSA) is 43.8 Å². The third kappa shape index (κ3) is 2.65. The van der Waals surface area contributed by atoms with Gasteiger partial charge in [0, 0.05) is 28.5 Å². The molecule has 4 heteroatoms. The summed E-state index contributed by atoms with van der Waals surface area (Å²) in [5.74, 6) is 0. The van der Waals surface area contributed by atoms with Crippen molar-refractivity contribution in [1.82, 2.24) is 9.78 Å². The molecule has 0 aromatic carbocycles. The fourth-order valence-corrected chi connectivity index (χ4v) is 3.19. The standard InChI is InChI=1S/C14H21N3S/c1-9-5-8-14(18-9)13(15)7-6-12-10(2)16-17(4)11(12)3/h5,8,13H,6-7,15H2,1-4H3. The van der Waals surface area contributed by atoms with Gasteiger partial charge in [-0.2, -0.15) is 5.10 Å². The fourth-order valence-electron chi connectivity index (χ4n) is 2.27. The molecule has 0 spiro atoms. The van der Waals surface area contributed by atoms with E-state index < -0.39 is 0 Å². The van der Waals surface area contributed by atoms with Crippen LogP contribution < -0.4 is 5.73 Å². The molecule has 2 aromatic heterocycles. The van der Waals surface area contributed by atoms with Gasteiger partial charge in [0.15, 0.2) is 0 Å². The summed E-state index contributed by atoms with van der Waals surface area (Å²) < 4.78 is 1.95. The van der Waals surface area contributed by atoms with Crippen LogP contribution in [0, 0.1) is 20.8 Å². The molecule has 3 nitrogen and oxygen atoms in total. The van der Waals surface area contributed by atoms with Gasteiger partial charge in [0.25, 0.3) is 0 Å². The third-order valence-corrected chi connectivity index (χ3v) is 4.62. The summed E-state index contributed by atoms with van der Waals surface area (Å²) in [6, 6.07) is 4.43. The van der Waals surface area contributed by atoms with Crippen molar-refractivity contribution < 1.29 is 0 Å². The predicted octanol–water partition coefficient (Wildman–Crippen LogP) is 3.04. The van der Waals surface area contributed by atoms with Crippen LogP contribution >= 0.6 is 11.3 Å². The number of aromatic nitrogens is 2. The average molecular weight is 263 g/mol. The Morgan fingerprint density at radius 1 is 1.33 bits per heavy atom. The summed E-state index contributed by atoms with van der Waals surface area (Å²) in [7, 11) is 1.99. The number of hydrogen-bond donors (Lipinski definition) is 1. The molecule has 2 heterocycles. The third-order valence-electron chi connectivity index (χ3n) is 3.49. The Bertz CT molecular complexity index is 539. The molecule has 0 aliphatic rings. The van der Waals surface area contributed by atoms with E-state index in [2.05, 4.69) is 38.0 Å². The Balaban J connectivity index is 2.03. The molecule has 2 aromatic rings. The van der Waals surface area contributed by atoms with Crippen LogP contribution in [0.15, 0.2) is 12.1 Å². The van der Waals surface area contributed by atoms with Gasteiger partial charge in [-0.25, -0.2) is 0 Å². The fraction of sp³-hybridized carbons (Fsp3) is 0.500. The Kier molecular flexibility index (Phi) is 3.88. The average Bonchev–Trinajstić information content (AvgIpc) is 2.83. The van der Waals surface area contributed by atoms with Crippen molar-refractivity contribution >= 4 is 11.3 Å². The Labute approximate surface area is 113 Å². The lowest BCUT2D eigenvalue weighted by atomic mass is 10.0. The molecule has 98 valence electrons. The number of thiophene rings is 1. The summed E-state index contributed by atoms with van der Waals surface area (Å²) in [4.78, 5) is 2.61. The highest BCUT2D eigenvalue weighted by Crippen LogP contribution is 2.25. The zero-order valence-corrected chi connectivity index (χ0v) is 12.3. The van der Waals surface area contributed by atoms with Gasteiger partial charge < -0.3 is 5.73 Å². The smallest absolute Gasteiger partial charge is 0.0628 e. The van der Waals surface area contributed by atoms with Crippen LogP contribution in [0.2, 0.25) is 0 Å². The molecule has 0 bridgehead atoms. The van der Waals surface area contributed by atoms with Crippen LogP contribution in [0.1, 0.15) is 39.2 Å². The first-order chi connectivity index (χ1) is 8.49. The molecular weight excluding hydrogens is 242 g/mol. The van der Waals surface area contributed by atoms with Gasteiger partial charge in [-0.1, -0.05) is 0 Å². The minimum Gasteiger partial charge on any atom is -0.323 e. The van der Waals surface area contributed by atoms with Crippen LogP contribution in [0.3, 0.4) is 0 Å². The first kappa shape index (κ1) is 13.3. The SMILES string of the molecule is Cc1ccc(C(N)CCc2c(C)nn(C)c2C)s1. The molecule has 1 atom stereocenters. The quantitative estimate of drug-likeness (QED) is 0.921. The molecule has 0 saturated carbocycles. The Morgan fingerprint density at radius 3 is 2.56 bits per heavy atom. The first-order valence-corrected chi connectivity index (χ1v) is 7.11. The van der Waals surface area contributed by atoms with Crippen molar-refractivity contribution in [2.75, 3.05) is 0 Å². The van der Waals surface area contributed by atoms with E-state index in [1.807, 2.05) is 11.7 Å². The zero-order valence-electron chi connectivity index (χ0n) is 11.5. The number of nitrogens with zero attached hydrogens (tertiary/aromatic N) is 2. The van der Waals surface area contributed by atoms with Crippen molar-refractivity contribution in [1.29, 1.82) is 0 Å². The van der Waals surface area contributed by atoms with Gasteiger partial charge in [-0.3, -0.25) is 4.68 Å². The van der Waals surface area contributed by atoms with Crippen LogP contribution in [-0.2, 0) is 13.5 Å². The van der Waals surface area contributed by atoms with E-state index in [1.165, 1.54) is 21.0 Å². The van der Waals surface area contributed by atoms with Gasteiger partial charge in [-0.15, -0.1) is 11.3 Å². The molecule has 2 rings (SSSR count). The minimum atomic E-state index is 0.141. The van der Waals surface area contributed by atoms with Gasteiger partial charge in [0.2, 0.25) is 0 Å². The highest BCUT2D eigenvalue weighted by molar-refractivity contribution is 7.12. The highest BCUT2D eigenvalue weighted by Gasteiger charge is 2.13. The van der Waals surface area contributed by atoms with Gasteiger partial charge in [0.1, 0.15) is 0 Å². The maximum Gasteiger partial charge on any atom is 0.0628 e. The molecule has 2 N–H and O–H groups in total. The Hall–Kier alpha value is -1.13. The molecule has 0 amide bonds. The second kappa shape index (κ2) is 5.24. The maximum atomic E-state index is 6.25. The van der Waals surface area contributed by atoms with Crippen LogP contribution in [0.4, 0.5) is 0 Å². The largest absolute Gasteiger partial charge is 0.323 e. The van der Waals surface area contributed by atoms with E-state index in [-0.39, 0.29) is 6.04 Å². The molecule has 18 heavy (non-hydrogen) atoms. The van der Waals surface area contributed by atoms with Crippen LogP contribution in [0.25, 0.3) is 0 Å². The molecule has 0 radical (unpaired) electrons. The Morgan fingerprint density at radius 2 is 2.06 bits per heavy atom. The normalized spacial score (nSPS) is 12.9. The summed E-state index contributed by atoms with van der Waals surface area (Å²) in [5, 5.41) is 4.44. The second-order valence-corrected chi connectivity index (χ2v) is 6.19.